The van der Waals surface area contributed by atoms with E-state index in [9.17, 15) is 0 Å². The number of furan rings is 2. The molecule has 0 saturated heterocycles. The van der Waals surface area contributed by atoms with Gasteiger partial charge in [0.25, 0.3) is 0 Å². The lowest BCUT2D eigenvalue weighted by atomic mass is 9.68. The van der Waals surface area contributed by atoms with E-state index in [1.165, 1.54) is 50.1 Å². The van der Waals surface area contributed by atoms with Crippen LogP contribution in [0.1, 0.15) is 28.7 Å². The van der Waals surface area contributed by atoms with Crippen LogP contribution in [0.15, 0.2) is 257 Å². The van der Waals surface area contributed by atoms with Crippen LogP contribution in [0.2, 0.25) is 0 Å². The Balaban J connectivity index is 0.909. The molecule has 0 radical (unpaired) electrons. The van der Waals surface area contributed by atoms with Crippen LogP contribution in [0.5, 0.6) is 0 Å². The van der Waals surface area contributed by atoms with Crippen molar-refractivity contribution in [3.05, 3.63) is 271 Å². The standard InChI is InChI=1S/C67H43NO2S/c71-66-39-14-13-28-61(66)67(55-25-10-7-20-50(55)51-21-8-11-26-56(51)67)58-40-48(37-38-57(58)66)68(46-33-29-43(30-34-46)42-16-3-1-4-17-42)47-35-31-44(32-36-47)49-23-15-24-52-54-41-60-63(53-22-9-12-27-59(53)69-60)62(65(54)70-64(49)52)45-18-5-2-6-19-45/h1-38,40-41,71H,39H2. The van der Waals surface area contributed by atoms with Gasteiger partial charge in [-0.05, 0) is 116 Å². The molecule has 1 spiro atoms. The molecule has 15 rings (SSSR count). The number of hydrogen-bond donors (Lipinski definition) is 1. The van der Waals surface area contributed by atoms with Crippen LogP contribution in [0.4, 0.5) is 17.1 Å². The summed E-state index contributed by atoms with van der Waals surface area (Å²) in [6.07, 6.45) is 7.67. The van der Waals surface area contributed by atoms with Crippen molar-refractivity contribution in [2.24, 2.45) is 0 Å². The number of thiol groups is 1. The predicted molar refractivity (Wildman–Crippen MR) is 296 cm³/mol. The molecule has 0 N–H and O–H groups in total. The first-order valence-corrected chi connectivity index (χ1v) is 24.9. The maximum atomic E-state index is 7.13. The van der Waals surface area contributed by atoms with E-state index in [-0.39, 0.29) is 0 Å². The maximum Gasteiger partial charge on any atom is 0.144 e. The molecule has 0 saturated carbocycles. The molecule has 1 atom stereocenters. The van der Waals surface area contributed by atoms with Crippen LogP contribution in [-0.2, 0) is 10.2 Å². The fourth-order valence-corrected chi connectivity index (χ4v) is 13.1. The third-order valence-electron chi connectivity index (χ3n) is 15.6. The molecule has 0 bridgehead atoms. The van der Waals surface area contributed by atoms with Crippen LogP contribution < -0.4 is 4.90 Å². The van der Waals surface area contributed by atoms with Crippen LogP contribution in [0, 0.1) is 0 Å². The van der Waals surface area contributed by atoms with Crippen LogP contribution in [0.3, 0.4) is 0 Å². The number of para-hydroxylation sites is 2. The van der Waals surface area contributed by atoms with Gasteiger partial charge in [-0.15, -0.1) is 0 Å². The first-order chi connectivity index (χ1) is 35.1. The summed E-state index contributed by atoms with van der Waals surface area (Å²) in [6, 6.07) is 81.2. The Morgan fingerprint density at radius 3 is 1.73 bits per heavy atom. The summed E-state index contributed by atoms with van der Waals surface area (Å²) in [5.41, 5.74) is 21.8. The molecule has 2 aromatic heterocycles. The Kier molecular flexibility index (Phi) is 8.64. The molecule has 1 unspecified atom stereocenters. The number of benzene rings is 10. The Labute approximate surface area is 416 Å². The molecule has 0 aliphatic heterocycles. The van der Waals surface area contributed by atoms with E-state index in [0.29, 0.717) is 0 Å². The molecule has 12 aromatic rings. The lowest BCUT2D eigenvalue weighted by Crippen LogP contribution is -2.31. The number of nitrogens with zero attached hydrogens (tertiary/aromatic N) is 1. The highest BCUT2D eigenvalue weighted by Crippen LogP contribution is 2.68. The van der Waals surface area contributed by atoms with Gasteiger partial charge >= 0.3 is 0 Å². The molecular formula is C67H43NO2S. The second-order valence-corrected chi connectivity index (χ2v) is 20.0. The maximum absolute atomic E-state index is 7.13. The van der Waals surface area contributed by atoms with Crippen molar-refractivity contribution < 1.29 is 8.83 Å². The number of rotatable bonds is 6. The quantitative estimate of drug-likeness (QED) is 0.169. The fraction of sp³-hybridized carbons (Fsp3) is 0.0448. The molecule has 3 aliphatic rings. The predicted octanol–water partition coefficient (Wildman–Crippen LogP) is 18.3. The highest BCUT2D eigenvalue weighted by Gasteiger charge is 2.60. The molecule has 10 aromatic carbocycles. The second kappa shape index (κ2) is 15.2. The number of fused-ring (bicyclic) bond motifs is 16. The number of hydrogen-bond acceptors (Lipinski definition) is 4. The van der Waals surface area contributed by atoms with Gasteiger partial charge in [-0.25, -0.2) is 0 Å². The minimum absolute atomic E-state index is 0.464. The van der Waals surface area contributed by atoms with Crippen LogP contribution in [0.25, 0.3) is 88.4 Å². The third kappa shape index (κ3) is 5.68. The summed E-state index contributed by atoms with van der Waals surface area (Å²) in [5.74, 6) is 0. The van der Waals surface area contributed by atoms with Gasteiger partial charge < -0.3 is 13.7 Å². The van der Waals surface area contributed by atoms with Crippen molar-refractivity contribution in [1.29, 1.82) is 0 Å². The molecule has 3 nitrogen and oxygen atoms in total. The fourth-order valence-electron chi connectivity index (χ4n) is 12.6. The lowest BCUT2D eigenvalue weighted by Gasteiger charge is -2.36. The Morgan fingerprint density at radius 1 is 0.408 bits per heavy atom. The average Bonchev–Trinajstić information content (AvgIpc) is 4.17. The molecule has 2 heterocycles. The van der Waals surface area contributed by atoms with Crippen molar-refractivity contribution >= 4 is 73.6 Å². The van der Waals surface area contributed by atoms with Gasteiger partial charge in [-0.2, -0.15) is 12.6 Å². The van der Waals surface area contributed by atoms with E-state index in [4.69, 9.17) is 21.5 Å². The zero-order valence-electron chi connectivity index (χ0n) is 38.5. The molecule has 334 valence electrons. The summed E-state index contributed by atoms with van der Waals surface area (Å²) >= 11 is 5.68. The Bertz CT molecular complexity index is 4150. The zero-order valence-corrected chi connectivity index (χ0v) is 39.4. The molecule has 3 aliphatic carbocycles. The first kappa shape index (κ1) is 40.3. The van der Waals surface area contributed by atoms with Crippen molar-refractivity contribution in [2.45, 2.75) is 16.6 Å². The smallest absolute Gasteiger partial charge is 0.144 e. The molecule has 71 heavy (non-hydrogen) atoms. The van der Waals surface area contributed by atoms with Crippen molar-refractivity contribution in [2.75, 3.05) is 4.90 Å². The largest absolute Gasteiger partial charge is 0.456 e. The van der Waals surface area contributed by atoms with Gasteiger partial charge in [-0.1, -0.05) is 194 Å². The monoisotopic (exact) mass is 925 g/mol. The molecule has 4 heteroatoms. The summed E-state index contributed by atoms with van der Waals surface area (Å²) in [7, 11) is 0. The van der Waals surface area contributed by atoms with Gasteiger partial charge in [0.05, 0.1) is 10.2 Å². The summed E-state index contributed by atoms with van der Waals surface area (Å²) < 4.78 is 13.2. The van der Waals surface area contributed by atoms with E-state index in [1.807, 2.05) is 12.1 Å². The molecule has 0 fully saturated rings. The SMILES string of the molecule is SC12CC=CC=C1C1(c3ccccc3-c3ccccc31)c1cc(N(c3ccc(-c4ccccc4)cc3)c3ccc(-c4cccc5c4oc4c(-c6ccccc6)c6c(cc45)oc4ccccc46)cc3)ccc12. The van der Waals surface area contributed by atoms with Crippen LogP contribution in [-0.4, -0.2) is 0 Å². The summed E-state index contributed by atoms with van der Waals surface area (Å²) in [4.78, 5) is 2.41. The van der Waals surface area contributed by atoms with Gasteiger partial charge in [-0.3, -0.25) is 0 Å². The molecule has 0 amide bonds. The van der Waals surface area contributed by atoms with E-state index in [0.717, 1.165) is 89.6 Å². The van der Waals surface area contributed by atoms with Crippen molar-refractivity contribution in [3.8, 4) is 44.5 Å². The normalized spacial score (nSPS) is 16.1. The number of anilines is 3. The van der Waals surface area contributed by atoms with E-state index < -0.39 is 10.2 Å². The average molecular weight is 926 g/mol. The minimum atomic E-state index is -0.501. The summed E-state index contributed by atoms with van der Waals surface area (Å²) in [5, 5.41) is 4.23. The van der Waals surface area contributed by atoms with Crippen molar-refractivity contribution in [1.82, 2.24) is 0 Å². The Hall–Kier alpha value is -8.57. The van der Waals surface area contributed by atoms with E-state index in [2.05, 4.69) is 235 Å². The van der Waals surface area contributed by atoms with E-state index >= 15 is 0 Å². The highest BCUT2D eigenvalue weighted by molar-refractivity contribution is 7.81. The van der Waals surface area contributed by atoms with Gasteiger partial charge in [0.2, 0.25) is 0 Å². The first-order valence-electron chi connectivity index (χ1n) is 24.4. The van der Waals surface area contributed by atoms with E-state index in [1.54, 1.807) is 0 Å². The third-order valence-corrected chi connectivity index (χ3v) is 16.3. The van der Waals surface area contributed by atoms with Gasteiger partial charge in [0, 0.05) is 49.7 Å². The van der Waals surface area contributed by atoms with Gasteiger partial charge in [0.15, 0.2) is 0 Å². The molecular weight excluding hydrogens is 883 g/mol. The van der Waals surface area contributed by atoms with Crippen LogP contribution >= 0.6 is 12.6 Å². The Morgan fingerprint density at radius 2 is 1.00 bits per heavy atom. The minimum Gasteiger partial charge on any atom is -0.456 e. The topological polar surface area (TPSA) is 29.5 Å². The highest BCUT2D eigenvalue weighted by atomic mass is 32.1. The van der Waals surface area contributed by atoms with Crippen molar-refractivity contribution in [3.63, 3.8) is 0 Å². The second-order valence-electron chi connectivity index (χ2n) is 19.2. The zero-order chi connectivity index (χ0) is 46.8. The lowest BCUT2D eigenvalue weighted by molar-refractivity contribution is 0.665. The summed E-state index contributed by atoms with van der Waals surface area (Å²) in [6.45, 7) is 0. The van der Waals surface area contributed by atoms with Gasteiger partial charge in [0.1, 0.15) is 22.3 Å². The number of allylic oxidation sites excluding steroid dienone is 3.